The van der Waals surface area contributed by atoms with Crippen molar-refractivity contribution >= 4 is 110 Å². The van der Waals surface area contributed by atoms with E-state index in [9.17, 15) is 48.9 Å². The Balaban J connectivity index is 1.22. The van der Waals surface area contributed by atoms with Crippen LogP contribution in [0.25, 0.3) is 64.9 Å². The van der Waals surface area contributed by atoms with E-state index in [1.165, 1.54) is 21.1 Å². The van der Waals surface area contributed by atoms with Gasteiger partial charge in [-0.2, -0.15) is 58.5 Å². The van der Waals surface area contributed by atoms with Gasteiger partial charge in [-0.05, 0) is 73.2 Å². The summed E-state index contributed by atoms with van der Waals surface area (Å²) in [6.45, 7) is 1.73. The Bertz CT molecular complexity index is 4930. The fourth-order valence-corrected chi connectivity index (χ4v) is 15.0. The molecule has 0 fully saturated rings. The Kier molecular flexibility index (Phi) is 13.8. The van der Waals surface area contributed by atoms with Crippen molar-refractivity contribution in [1.82, 2.24) is 23.1 Å². The zero-order valence-electron chi connectivity index (χ0n) is 43.1. The van der Waals surface area contributed by atoms with E-state index in [1.807, 2.05) is 0 Å². The smallest absolute Gasteiger partial charge is 0.503 e. The number of aryl methyl sites for hydroxylation is 1. The summed E-state index contributed by atoms with van der Waals surface area (Å²) in [4.78, 5) is 9.68. The predicted octanol–water partition coefficient (Wildman–Crippen LogP) is 9.66. The normalized spacial score (nSPS) is 14.6. The quantitative estimate of drug-likeness (QED) is 0.0605. The highest BCUT2D eigenvalue weighted by Crippen LogP contribution is 2.52. The maximum Gasteiger partial charge on any atom is 0.743 e. The number of nitrogens with zero attached hydrogens (tertiary/aromatic N) is 6. The van der Waals surface area contributed by atoms with E-state index in [-0.39, 0.29) is 77.0 Å². The average Bonchev–Trinajstić information content (AvgIpc) is 1.58. The second-order valence-corrected chi connectivity index (χ2v) is 26.1. The van der Waals surface area contributed by atoms with Crippen LogP contribution in [-0.2, 0) is 30.2 Å². The van der Waals surface area contributed by atoms with Crippen molar-refractivity contribution in [2.45, 2.75) is 28.9 Å². The molecule has 1 N–H and O–H groups in total. The van der Waals surface area contributed by atoms with E-state index in [4.69, 9.17) is 28.6 Å². The summed E-state index contributed by atoms with van der Waals surface area (Å²) in [7, 11) is -26.8. The second-order valence-electron chi connectivity index (χ2n) is 18.8. The number of para-hydroxylation sites is 6. The van der Waals surface area contributed by atoms with Crippen LogP contribution in [-0.4, -0.2) is 80.6 Å². The maximum atomic E-state index is 15.9. The van der Waals surface area contributed by atoms with Crippen LogP contribution in [0.3, 0.4) is 0 Å². The van der Waals surface area contributed by atoms with E-state index in [0.29, 0.717) is 43.7 Å². The van der Waals surface area contributed by atoms with Gasteiger partial charge in [-0.15, -0.1) is 22.7 Å². The number of thiazole rings is 2. The minimum absolute atomic E-state index is 0.0139. The summed E-state index contributed by atoms with van der Waals surface area (Å²) in [6, 6.07) is 40.9. The lowest BCUT2D eigenvalue weighted by Crippen LogP contribution is -2.64. The highest BCUT2D eigenvalue weighted by Gasteiger charge is 2.83. The van der Waals surface area contributed by atoms with Crippen molar-refractivity contribution in [3.63, 3.8) is 0 Å². The number of fused-ring (bicyclic) bond motifs is 5. The van der Waals surface area contributed by atoms with Gasteiger partial charge in [0.05, 0.1) is 42.5 Å². The number of hydrogen-bond acceptors (Lipinski definition) is 17. The van der Waals surface area contributed by atoms with Gasteiger partial charge in [0.25, 0.3) is 10.0 Å². The number of sulfonamides is 2. The summed E-state index contributed by atoms with van der Waals surface area (Å²) in [5, 5.41) is 8.08. The molecule has 34 heteroatoms. The van der Waals surface area contributed by atoms with Crippen molar-refractivity contribution in [3.8, 4) is 63.4 Å². The van der Waals surface area contributed by atoms with Gasteiger partial charge in [0, 0.05) is 21.9 Å². The Morgan fingerprint density at radius 3 is 1.46 bits per heavy atom. The van der Waals surface area contributed by atoms with Crippen LogP contribution in [0.1, 0.15) is 15.6 Å². The Morgan fingerprint density at radius 1 is 0.563 bits per heavy atom. The minimum atomic E-state index is -8.14. The van der Waals surface area contributed by atoms with Crippen LogP contribution in [0.4, 0.5) is 39.5 Å². The highest BCUT2D eigenvalue weighted by molar-refractivity contribution is 8.05. The summed E-state index contributed by atoms with van der Waals surface area (Å²) in [5.74, 6) is -8.66. The molecule has 2 aliphatic heterocycles. The number of aromatic nitrogens is 4. The summed E-state index contributed by atoms with van der Waals surface area (Å²) in [6.07, 6.45) is 0. The Morgan fingerprint density at radius 2 is 1.00 bits per heavy atom. The molecule has 0 aliphatic carbocycles. The lowest BCUT2D eigenvalue weighted by Gasteiger charge is -2.31. The van der Waals surface area contributed by atoms with E-state index in [1.54, 1.807) is 116 Å². The SMILES string of the molecule is Cc1ccccc1-c1c2/c(=C(\C#N)c3nc4ccccc4s3)n(B3Oc4ccccc4O3)c(-c3cccc(OS(=O)(=O)C(F)(F)C(F)(F)C(F)(F)S(=O)(=O)NS(=O)(=O)C(F)(F)F)c3)c2/c(=C(\C#N)c2nc3ccccc3s2)n1B1Oc2ccccc2O1. The summed E-state index contributed by atoms with van der Waals surface area (Å²) < 4.78 is 241. The molecular formula is C53H28B2F9N7O11S5. The molecule has 0 amide bonds. The van der Waals surface area contributed by atoms with Crippen molar-refractivity contribution in [3.05, 3.63) is 172 Å². The Hall–Kier alpha value is -9.05. The fraction of sp³-hybridized carbons (Fsp3) is 0.0943. The number of halogens is 9. The van der Waals surface area contributed by atoms with Gasteiger partial charge in [-0.1, -0.05) is 89.1 Å². The first-order chi connectivity index (χ1) is 41.1. The molecule has 18 nitrogen and oxygen atoms in total. The molecular weight excluding hydrogens is 1260 g/mol. The molecule has 87 heavy (non-hydrogen) atoms. The zero-order valence-corrected chi connectivity index (χ0v) is 47.2. The van der Waals surface area contributed by atoms with Gasteiger partial charge >= 0.3 is 56.6 Å². The molecule has 0 saturated heterocycles. The molecule has 4 aromatic heterocycles. The second kappa shape index (κ2) is 20.6. The monoisotopic (exact) mass is 1290 g/mol. The van der Waals surface area contributed by atoms with Gasteiger partial charge in [0.2, 0.25) is 0 Å². The molecule has 0 atom stereocenters. The largest absolute Gasteiger partial charge is 0.743 e. The number of nitrogens with one attached hydrogen (secondary N) is 1. The van der Waals surface area contributed by atoms with Gasteiger partial charge < -0.3 is 31.8 Å². The van der Waals surface area contributed by atoms with Crippen LogP contribution in [0, 0.1) is 29.6 Å². The number of alkyl halides is 9. The first kappa shape index (κ1) is 58.3. The molecule has 2 aliphatic rings. The van der Waals surface area contributed by atoms with E-state index in [0.717, 1.165) is 34.8 Å². The predicted molar refractivity (Wildman–Crippen MR) is 299 cm³/mol. The van der Waals surface area contributed by atoms with Crippen LogP contribution in [0.2, 0.25) is 0 Å². The maximum absolute atomic E-state index is 15.9. The van der Waals surface area contributed by atoms with Crippen LogP contribution in [0.15, 0.2) is 146 Å². The standard InChI is InChI=1S/C53H28B2F9N7O11S5/c1-28-13-2-3-16-31(28)45-43-42(46(71(45)55-80-38-21-8-9-22-39(38)81-55)32(26-65)48-67-34-17-4-10-23-40(34)83-48)44(70(54-78-36-19-6-7-20-37(36)79-54)47(43)33(27-66)49-68-35-18-5-11-24-41(35)84-49)29-14-12-15-30(25-29)82-87(76,77)52(60,61)50(56,57)51(58,59)85(72,73)69-86(74,75)53(62,63)64/h2-25,69H,1H3/b46-32-,47-33-. The van der Waals surface area contributed by atoms with Gasteiger partial charge in [0.15, 0.2) is 0 Å². The third-order valence-electron chi connectivity index (χ3n) is 13.5. The number of benzene rings is 6. The molecule has 6 heterocycles. The summed E-state index contributed by atoms with van der Waals surface area (Å²) in [5.41, 5.74) is -6.14. The van der Waals surface area contributed by atoms with E-state index < -0.39 is 82.1 Å². The van der Waals surface area contributed by atoms with Gasteiger partial charge in [-0.3, -0.25) is 0 Å². The summed E-state index contributed by atoms with van der Waals surface area (Å²) >= 11 is 2.12. The molecule has 12 rings (SSSR count). The van der Waals surface area contributed by atoms with Crippen molar-refractivity contribution in [2.75, 3.05) is 0 Å². The zero-order chi connectivity index (χ0) is 62.0. The molecule has 0 radical (unpaired) electrons. The molecule has 0 saturated carbocycles. The van der Waals surface area contributed by atoms with Crippen LogP contribution < -0.4 is 37.6 Å². The van der Waals surface area contributed by atoms with Gasteiger partial charge in [0.1, 0.15) is 62.0 Å². The molecule has 0 unspecified atom stereocenters. The first-order valence-corrected chi connectivity index (χ1v) is 30.6. The first-order valence-electron chi connectivity index (χ1n) is 24.6. The molecule has 10 aromatic rings. The average molecular weight is 1290 g/mol. The molecule has 0 bridgehead atoms. The lowest BCUT2D eigenvalue weighted by molar-refractivity contribution is -0.245. The van der Waals surface area contributed by atoms with Crippen molar-refractivity contribution < 1.29 is 87.6 Å². The Labute approximate surface area is 492 Å². The van der Waals surface area contributed by atoms with Crippen LogP contribution >= 0.6 is 22.7 Å². The third kappa shape index (κ3) is 9.27. The van der Waals surface area contributed by atoms with Gasteiger partial charge in [-0.25, -0.2) is 26.8 Å². The van der Waals surface area contributed by atoms with E-state index >= 15 is 26.3 Å². The molecule has 6 aromatic carbocycles. The van der Waals surface area contributed by atoms with Crippen molar-refractivity contribution in [1.29, 1.82) is 10.5 Å². The molecule has 440 valence electrons. The highest BCUT2D eigenvalue weighted by atomic mass is 32.3. The minimum Gasteiger partial charge on any atom is -0.503 e. The fourth-order valence-electron chi connectivity index (χ4n) is 9.66. The number of hydrogen-bond donors (Lipinski definition) is 1. The van der Waals surface area contributed by atoms with E-state index in [2.05, 4.69) is 16.3 Å². The lowest BCUT2D eigenvalue weighted by atomic mass is 9.99. The van der Waals surface area contributed by atoms with Crippen molar-refractivity contribution in [2.24, 2.45) is 0 Å². The van der Waals surface area contributed by atoms with Crippen LogP contribution in [0.5, 0.6) is 28.7 Å². The number of rotatable bonds is 14. The molecule has 0 spiro atoms. The third-order valence-corrected chi connectivity index (χ3v) is 20.2. The number of nitriles is 2. The topological polar surface area (TPSA) is 244 Å².